The van der Waals surface area contributed by atoms with Gasteiger partial charge >= 0.3 is 18.0 Å². The van der Waals surface area contributed by atoms with E-state index in [0.29, 0.717) is 6.54 Å². The van der Waals surface area contributed by atoms with E-state index in [2.05, 4.69) is 10.6 Å². The van der Waals surface area contributed by atoms with E-state index in [1.54, 1.807) is 6.92 Å². The van der Waals surface area contributed by atoms with Gasteiger partial charge in [-0.05, 0) is 19.8 Å². The van der Waals surface area contributed by atoms with Crippen LogP contribution in [0.3, 0.4) is 0 Å². The van der Waals surface area contributed by atoms with Crippen molar-refractivity contribution in [2.45, 2.75) is 45.6 Å². The second-order valence-corrected chi connectivity index (χ2v) is 3.99. The molecular weight excluding hydrogens is 252 g/mol. The van der Waals surface area contributed by atoms with Gasteiger partial charge in [0.25, 0.3) is 0 Å². The fraction of sp³-hybridized carbons (Fsp3) is 0.750. The van der Waals surface area contributed by atoms with Crippen LogP contribution in [0, 0.1) is 0 Å². The molecule has 0 aliphatic heterocycles. The summed E-state index contributed by atoms with van der Waals surface area (Å²) < 4.78 is 4.70. The maximum atomic E-state index is 11.4. The Kier molecular flexibility index (Phi) is 9.20. The van der Waals surface area contributed by atoms with Crippen molar-refractivity contribution < 1.29 is 24.2 Å². The first kappa shape index (κ1) is 17.2. The Bertz CT molecular complexity index is 306. The zero-order chi connectivity index (χ0) is 14.7. The molecule has 110 valence electrons. The minimum atomic E-state index is -1.17. The highest BCUT2D eigenvalue weighted by Gasteiger charge is 2.21. The van der Waals surface area contributed by atoms with E-state index >= 15 is 0 Å². The molecule has 0 bridgehead atoms. The van der Waals surface area contributed by atoms with E-state index in [4.69, 9.17) is 9.84 Å². The number of nitrogens with one attached hydrogen (secondary N) is 2. The first-order valence-corrected chi connectivity index (χ1v) is 6.44. The predicted molar refractivity (Wildman–Crippen MR) is 68.7 cm³/mol. The van der Waals surface area contributed by atoms with Crippen LogP contribution in [-0.4, -0.2) is 42.3 Å². The van der Waals surface area contributed by atoms with Crippen molar-refractivity contribution in [1.29, 1.82) is 0 Å². The molecule has 0 radical (unpaired) electrons. The number of carbonyl (C=O) groups is 3. The Hall–Kier alpha value is -1.79. The zero-order valence-corrected chi connectivity index (χ0v) is 11.4. The summed E-state index contributed by atoms with van der Waals surface area (Å²) >= 11 is 0. The topological polar surface area (TPSA) is 105 Å². The molecule has 7 nitrogen and oxygen atoms in total. The average Bonchev–Trinajstić information content (AvgIpc) is 2.34. The highest BCUT2D eigenvalue weighted by Crippen LogP contribution is 2.00. The summed E-state index contributed by atoms with van der Waals surface area (Å²) in [5.74, 6) is -1.64. The largest absolute Gasteiger partial charge is 0.480 e. The SMILES string of the molecule is CCCCNC(=O)N[C@@H](CCC(=O)OCC)C(=O)O. The summed E-state index contributed by atoms with van der Waals surface area (Å²) in [4.78, 5) is 33.5. The number of aliphatic carboxylic acids is 1. The number of hydrogen-bond donors (Lipinski definition) is 3. The lowest BCUT2D eigenvalue weighted by atomic mass is 10.1. The van der Waals surface area contributed by atoms with Crippen molar-refractivity contribution in [2.75, 3.05) is 13.2 Å². The van der Waals surface area contributed by atoms with Crippen molar-refractivity contribution >= 4 is 18.0 Å². The van der Waals surface area contributed by atoms with Crippen molar-refractivity contribution in [3.63, 3.8) is 0 Å². The molecule has 0 unspecified atom stereocenters. The molecule has 0 spiro atoms. The van der Waals surface area contributed by atoms with Gasteiger partial charge in [-0.25, -0.2) is 9.59 Å². The average molecular weight is 274 g/mol. The molecule has 2 amide bonds. The van der Waals surface area contributed by atoms with Crippen molar-refractivity contribution in [3.8, 4) is 0 Å². The number of urea groups is 1. The summed E-state index contributed by atoms with van der Waals surface area (Å²) in [5.41, 5.74) is 0. The van der Waals surface area contributed by atoms with Crippen LogP contribution in [0.2, 0.25) is 0 Å². The molecule has 0 saturated heterocycles. The third-order valence-electron chi connectivity index (χ3n) is 2.36. The summed E-state index contributed by atoms with van der Waals surface area (Å²) in [6.07, 6.45) is 1.73. The molecular formula is C12H22N2O5. The van der Waals surface area contributed by atoms with E-state index in [9.17, 15) is 14.4 Å². The number of unbranched alkanes of at least 4 members (excludes halogenated alkanes) is 1. The normalized spacial score (nSPS) is 11.5. The van der Waals surface area contributed by atoms with Crippen LogP contribution < -0.4 is 10.6 Å². The molecule has 19 heavy (non-hydrogen) atoms. The molecule has 7 heteroatoms. The van der Waals surface area contributed by atoms with Crippen molar-refractivity contribution in [3.05, 3.63) is 0 Å². The second-order valence-electron chi connectivity index (χ2n) is 3.99. The molecule has 0 aromatic rings. The second kappa shape index (κ2) is 10.2. The molecule has 0 heterocycles. The van der Waals surface area contributed by atoms with Gasteiger partial charge in [-0.1, -0.05) is 13.3 Å². The molecule has 0 saturated carbocycles. The zero-order valence-electron chi connectivity index (χ0n) is 11.4. The smallest absolute Gasteiger partial charge is 0.326 e. The molecule has 0 rings (SSSR count). The lowest BCUT2D eigenvalue weighted by Crippen LogP contribution is -2.46. The van der Waals surface area contributed by atoms with Gasteiger partial charge in [0.2, 0.25) is 0 Å². The lowest BCUT2D eigenvalue weighted by molar-refractivity contribution is -0.144. The molecule has 0 aromatic heterocycles. The van der Waals surface area contributed by atoms with Gasteiger partial charge in [-0.3, -0.25) is 4.79 Å². The molecule has 1 atom stereocenters. The monoisotopic (exact) mass is 274 g/mol. The fourth-order valence-electron chi connectivity index (χ4n) is 1.34. The number of hydrogen-bond acceptors (Lipinski definition) is 4. The van der Waals surface area contributed by atoms with E-state index in [1.165, 1.54) is 0 Å². The van der Waals surface area contributed by atoms with Crippen LogP contribution in [0.4, 0.5) is 4.79 Å². The minimum absolute atomic E-state index is 0.00929. The Morgan fingerprint density at radius 3 is 2.47 bits per heavy atom. The molecule has 3 N–H and O–H groups in total. The van der Waals surface area contributed by atoms with Crippen LogP contribution in [0.1, 0.15) is 39.5 Å². The summed E-state index contributed by atoms with van der Waals surface area (Å²) in [6, 6.07) is -1.63. The highest BCUT2D eigenvalue weighted by molar-refractivity contribution is 5.83. The molecule has 0 aliphatic rings. The molecule has 0 fully saturated rings. The van der Waals surface area contributed by atoms with E-state index in [0.717, 1.165) is 12.8 Å². The fourth-order valence-corrected chi connectivity index (χ4v) is 1.34. The summed E-state index contributed by atoms with van der Waals surface area (Å²) in [7, 11) is 0. The van der Waals surface area contributed by atoms with Crippen molar-refractivity contribution in [2.24, 2.45) is 0 Å². The summed E-state index contributed by atoms with van der Waals surface area (Å²) in [5, 5.41) is 13.8. The number of carbonyl (C=O) groups excluding carboxylic acids is 2. The number of rotatable bonds is 9. The Balaban J connectivity index is 4.08. The standard InChI is InChI=1S/C12H22N2O5/c1-3-5-8-13-12(18)14-9(11(16)17)6-7-10(15)19-4-2/h9H,3-8H2,1-2H3,(H,16,17)(H2,13,14,18)/t9-/m0/s1. The minimum Gasteiger partial charge on any atom is -0.480 e. The van der Waals surface area contributed by atoms with Gasteiger partial charge in [0.15, 0.2) is 0 Å². The Morgan fingerprint density at radius 1 is 1.26 bits per heavy atom. The van der Waals surface area contributed by atoms with Gasteiger partial charge in [0.05, 0.1) is 6.61 Å². The first-order valence-electron chi connectivity index (χ1n) is 6.44. The predicted octanol–water partition coefficient (Wildman–Crippen LogP) is 0.882. The van der Waals surface area contributed by atoms with Crippen LogP contribution in [-0.2, 0) is 14.3 Å². The number of carboxylic acids is 1. The lowest BCUT2D eigenvalue weighted by Gasteiger charge is -2.14. The van der Waals surface area contributed by atoms with Gasteiger partial charge in [0, 0.05) is 13.0 Å². The molecule has 0 aliphatic carbocycles. The Labute approximate surface area is 112 Å². The Morgan fingerprint density at radius 2 is 1.95 bits per heavy atom. The van der Waals surface area contributed by atoms with Crippen LogP contribution in [0.15, 0.2) is 0 Å². The van der Waals surface area contributed by atoms with Gasteiger partial charge in [-0.15, -0.1) is 0 Å². The molecule has 0 aromatic carbocycles. The maximum Gasteiger partial charge on any atom is 0.326 e. The summed E-state index contributed by atoms with van der Waals surface area (Å²) in [6.45, 7) is 4.40. The highest BCUT2D eigenvalue weighted by atomic mass is 16.5. The van der Waals surface area contributed by atoms with Gasteiger partial charge < -0.3 is 20.5 Å². The van der Waals surface area contributed by atoms with Gasteiger partial charge in [0.1, 0.15) is 6.04 Å². The number of amides is 2. The number of esters is 1. The van der Waals surface area contributed by atoms with E-state index < -0.39 is 24.0 Å². The number of ether oxygens (including phenoxy) is 1. The van der Waals surface area contributed by atoms with Crippen LogP contribution in [0.5, 0.6) is 0 Å². The maximum absolute atomic E-state index is 11.4. The van der Waals surface area contributed by atoms with Gasteiger partial charge in [-0.2, -0.15) is 0 Å². The van der Waals surface area contributed by atoms with E-state index in [1.807, 2.05) is 6.92 Å². The van der Waals surface area contributed by atoms with E-state index in [-0.39, 0.29) is 19.4 Å². The van der Waals surface area contributed by atoms with Crippen LogP contribution in [0.25, 0.3) is 0 Å². The van der Waals surface area contributed by atoms with Crippen LogP contribution >= 0.6 is 0 Å². The number of carboxylic acid groups (broad SMARTS) is 1. The first-order chi connectivity index (χ1) is 9.01. The van der Waals surface area contributed by atoms with Crippen molar-refractivity contribution in [1.82, 2.24) is 10.6 Å². The quantitative estimate of drug-likeness (QED) is 0.427. The third-order valence-corrected chi connectivity index (χ3v) is 2.36. The third kappa shape index (κ3) is 8.87.